The lowest BCUT2D eigenvalue weighted by molar-refractivity contribution is 1.03. The average molecular weight is 184 g/mol. The van der Waals surface area contributed by atoms with Gasteiger partial charge in [0.1, 0.15) is 6.33 Å². The van der Waals surface area contributed by atoms with Crippen LogP contribution in [0.4, 0.5) is 0 Å². The van der Waals surface area contributed by atoms with E-state index in [1.54, 1.807) is 12.5 Å². The maximum atomic E-state index is 4.19. The van der Waals surface area contributed by atoms with Crippen LogP contribution in [-0.2, 0) is 6.42 Å². The van der Waals surface area contributed by atoms with E-state index in [9.17, 15) is 0 Å². The number of allylic oxidation sites excluding steroid dienone is 6. The van der Waals surface area contributed by atoms with E-state index in [-0.39, 0.29) is 0 Å². The molecule has 1 aromatic rings. The third kappa shape index (κ3) is 2.39. The maximum absolute atomic E-state index is 4.19. The Balaban J connectivity index is 2.11. The lowest BCUT2D eigenvalue weighted by Crippen LogP contribution is -1.91. The first-order chi connectivity index (χ1) is 6.95. The highest BCUT2D eigenvalue weighted by atomic mass is 14.8. The molecule has 1 aliphatic rings. The SMILES string of the molecule is C1=CCC=CC(Cc2ccncn2)=C1. The second-order valence-electron chi connectivity index (χ2n) is 3.19. The van der Waals surface area contributed by atoms with Crippen molar-refractivity contribution in [2.24, 2.45) is 0 Å². The Morgan fingerprint density at radius 2 is 2.29 bits per heavy atom. The summed E-state index contributed by atoms with van der Waals surface area (Å²) in [5, 5.41) is 0. The first-order valence-electron chi connectivity index (χ1n) is 4.72. The van der Waals surface area contributed by atoms with Crippen LogP contribution in [0.1, 0.15) is 12.1 Å². The summed E-state index contributed by atoms with van der Waals surface area (Å²) in [7, 11) is 0. The van der Waals surface area contributed by atoms with Crippen molar-refractivity contribution in [1.82, 2.24) is 9.97 Å². The van der Waals surface area contributed by atoms with Crippen LogP contribution in [-0.4, -0.2) is 9.97 Å². The molecule has 0 radical (unpaired) electrons. The Hall–Kier alpha value is -1.70. The molecule has 0 saturated heterocycles. The van der Waals surface area contributed by atoms with Gasteiger partial charge >= 0.3 is 0 Å². The Morgan fingerprint density at radius 3 is 3.14 bits per heavy atom. The van der Waals surface area contributed by atoms with Crippen molar-refractivity contribution in [1.29, 1.82) is 0 Å². The van der Waals surface area contributed by atoms with E-state index in [1.165, 1.54) is 5.57 Å². The molecule has 1 aromatic heterocycles. The number of nitrogens with zero attached hydrogens (tertiary/aromatic N) is 2. The average Bonchev–Trinajstić information content (AvgIpc) is 2.48. The molecular weight excluding hydrogens is 172 g/mol. The lowest BCUT2D eigenvalue weighted by atomic mass is 10.1. The van der Waals surface area contributed by atoms with Gasteiger partial charge in [-0.25, -0.2) is 9.97 Å². The van der Waals surface area contributed by atoms with Gasteiger partial charge in [0, 0.05) is 18.3 Å². The van der Waals surface area contributed by atoms with Crippen molar-refractivity contribution in [3.05, 3.63) is 60.2 Å². The zero-order valence-electron chi connectivity index (χ0n) is 7.93. The van der Waals surface area contributed by atoms with Gasteiger partial charge in [-0.1, -0.05) is 30.4 Å². The molecule has 0 amide bonds. The molecule has 0 atom stereocenters. The summed E-state index contributed by atoms with van der Waals surface area (Å²) in [4.78, 5) is 8.09. The van der Waals surface area contributed by atoms with Crippen LogP contribution < -0.4 is 0 Å². The van der Waals surface area contributed by atoms with Gasteiger partial charge in [0.05, 0.1) is 0 Å². The standard InChI is InChI=1S/C12H12N2/c1-2-4-6-11(5-3-1)9-12-7-8-13-10-14-12/h1,3-8,10H,2,9H2. The summed E-state index contributed by atoms with van der Waals surface area (Å²) < 4.78 is 0. The van der Waals surface area contributed by atoms with E-state index in [0.717, 1.165) is 18.5 Å². The minimum absolute atomic E-state index is 0.878. The highest BCUT2D eigenvalue weighted by Crippen LogP contribution is 2.09. The highest BCUT2D eigenvalue weighted by Gasteiger charge is 1.97. The fourth-order valence-corrected chi connectivity index (χ4v) is 1.37. The summed E-state index contributed by atoms with van der Waals surface area (Å²) in [5.41, 5.74) is 2.35. The molecule has 1 aliphatic carbocycles. The number of hydrogen-bond acceptors (Lipinski definition) is 2. The van der Waals surface area contributed by atoms with Crippen LogP contribution >= 0.6 is 0 Å². The van der Waals surface area contributed by atoms with Crippen molar-refractivity contribution in [2.45, 2.75) is 12.8 Å². The normalized spacial score (nSPS) is 15.0. The molecule has 0 aliphatic heterocycles. The quantitative estimate of drug-likeness (QED) is 0.705. The summed E-state index contributed by atoms with van der Waals surface area (Å²) in [6, 6.07) is 1.95. The minimum atomic E-state index is 0.878. The first kappa shape index (κ1) is 8.88. The first-order valence-corrected chi connectivity index (χ1v) is 4.72. The van der Waals surface area contributed by atoms with Crippen LogP contribution in [0.25, 0.3) is 0 Å². The molecule has 0 fully saturated rings. The van der Waals surface area contributed by atoms with E-state index in [4.69, 9.17) is 0 Å². The van der Waals surface area contributed by atoms with Crippen LogP contribution in [0.3, 0.4) is 0 Å². The molecule has 0 aromatic carbocycles. The van der Waals surface area contributed by atoms with E-state index < -0.39 is 0 Å². The van der Waals surface area contributed by atoms with Gasteiger partial charge in [-0.05, 0) is 18.1 Å². The van der Waals surface area contributed by atoms with Crippen molar-refractivity contribution >= 4 is 0 Å². The van der Waals surface area contributed by atoms with Gasteiger partial charge in [-0.2, -0.15) is 0 Å². The number of rotatable bonds is 2. The zero-order chi connectivity index (χ0) is 9.64. The van der Waals surface area contributed by atoms with Crippen LogP contribution in [0.2, 0.25) is 0 Å². The van der Waals surface area contributed by atoms with Gasteiger partial charge in [-0.15, -0.1) is 0 Å². The molecule has 2 nitrogen and oxygen atoms in total. The molecule has 0 saturated carbocycles. The van der Waals surface area contributed by atoms with Crippen molar-refractivity contribution < 1.29 is 0 Å². The van der Waals surface area contributed by atoms with Gasteiger partial charge < -0.3 is 0 Å². The second kappa shape index (κ2) is 4.51. The number of aromatic nitrogens is 2. The Labute approximate surface area is 83.7 Å². The lowest BCUT2D eigenvalue weighted by Gasteiger charge is -1.99. The summed E-state index contributed by atoms with van der Waals surface area (Å²) in [5.74, 6) is 0. The topological polar surface area (TPSA) is 25.8 Å². The minimum Gasteiger partial charge on any atom is -0.245 e. The van der Waals surface area contributed by atoms with E-state index in [2.05, 4.69) is 40.3 Å². The highest BCUT2D eigenvalue weighted by molar-refractivity contribution is 5.30. The molecule has 1 heterocycles. The molecule has 14 heavy (non-hydrogen) atoms. The predicted octanol–water partition coefficient (Wildman–Crippen LogP) is 2.46. The van der Waals surface area contributed by atoms with Crippen molar-refractivity contribution in [2.75, 3.05) is 0 Å². The van der Waals surface area contributed by atoms with Crippen LogP contribution in [0.15, 0.2) is 54.5 Å². The van der Waals surface area contributed by atoms with Gasteiger partial charge in [0.2, 0.25) is 0 Å². The molecule has 70 valence electrons. The monoisotopic (exact) mass is 184 g/mol. The van der Waals surface area contributed by atoms with Gasteiger partial charge in [-0.3, -0.25) is 0 Å². The largest absolute Gasteiger partial charge is 0.245 e. The zero-order valence-corrected chi connectivity index (χ0v) is 7.93. The molecule has 0 unspecified atom stereocenters. The number of hydrogen-bond donors (Lipinski definition) is 0. The van der Waals surface area contributed by atoms with Gasteiger partial charge in [0.25, 0.3) is 0 Å². The van der Waals surface area contributed by atoms with Crippen LogP contribution in [0, 0.1) is 0 Å². The fourth-order valence-electron chi connectivity index (χ4n) is 1.37. The molecule has 2 heteroatoms. The van der Waals surface area contributed by atoms with E-state index >= 15 is 0 Å². The smallest absolute Gasteiger partial charge is 0.115 e. The summed E-state index contributed by atoms with van der Waals surface area (Å²) in [6.45, 7) is 0. The molecule has 0 spiro atoms. The third-order valence-corrected chi connectivity index (χ3v) is 2.08. The van der Waals surface area contributed by atoms with Gasteiger partial charge in [0.15, 0.2) is 0 Å². The Morgan fingerprint density at radius 1 is 1.29 bits per heavy atom. The van der Waals surface area contributed by atoms with Crippen molar-refractivity contribution in [3.63, 3.8) is 0 Å². The van der Waals surface area contributed by atoms with E-state index in [0.29, 0.717) is 0 Å². The predicted molar refractivity (Wildman–Crippen MR) is 56.7 cm³/mol. The second-order valence-corrected chi connectivity index (χ2v) is 3.19. The summed E-state index contributed by atoms with van der Waals surface area (Å²) >= 11 is 0. The molecule has 0 N–H and O–H groups in total. The summed E-state index contributed by atoms with van der Waals surface area (Å²) in [6.07, 6.45) is 15.9. The van der Waals surface area contributed by atoms with Crippen LogP contribution in [0.5, 0.6) is 0 Å². The molecular formula is C12H12N2. The third-order valence-electron chi connectivity index (χ3n) is 2.08. The van der Waals surface area contributed by atoms with E-state index in [1.807, 2.05) is 6.07 Å². The Bertz CT molecular complexity index is 375. The molecule has 0 bridgehead atoms. The molecule has 2 rings (SSSR count). The Kier molecular flexibility index (Phi) is 2.86. The van der Waals surface area contributed by atoms with Crippen molar-refractivity contribution in [3.8, 4) is 0 Å². The maximum Gasteiger partial charge on any atom is 0.115 e. The fraction of sp³-hybridized carbons (Fsp3) is 0.167.